The molecule has 0 heterocycles. The molecule has 5 heteroatoms. The number of hydrogen-bond acceptors (Lipinski definition) is 2. The Morgan fingerprint density at radius 3 is 2.00 bits per heavy atom. The third-order valence-electron chi connectivity index (χ3n) is 2.38. The molecule has 0 fully saturated rings. The van der Waals surface area contributed by atoms with Crippen molar-refractivity contribution in [2.75, 3.05) is 0 Å². The molecule has 0 aliphatic carbocycles. The predicted octanol–water partition coefficient (Wildman–Crippen LogP) is 3.09. The molecule has 0 saturated heterocycles. The SMILES string of the molecule is CCCC(CCC)CC(C)OP(=O)(O)O. The van der Waals surface area contributed by atoms with Gasteiger partial charge < -0.3 is 9.79 Å². The minimum Gasteiger partial charge on any atom is -0.303 e. The summed E-state index contributed by atoms with van der Waals surface area (Å²) in [5.41, 5.74) is 0. The molecule has 0 aromatic heterocycles. The summed E-state index contributed by atoms with van der Waals surface area (Å²) in [6.07, 6.45) is 4.77. The van der Waals surface area contributed by atoms with E-state index in [4.69, 9.17) is 9.79 Å². The van der Waals surface area contributed by atoms with Crippen LogP contribution >= 0.6 is 7.82 Å². The highest BCUT2D eigenvalue weighted by Gasteiger charge is 2.21. The fourth-order valence-corrected chi connectivity index (χ4v) is 2.50. The molecule has 1 atom stereocenters. The van der Waals surface area contributed by atoms with Gasteiger partial charge in [-0.05, 0) is 19.3 Å². The van der Waals surface area contributed by atoms with Crippen molar-refractivity contribution in [3.8, 4) is 0 Å². The zero-order chi connectivity index (χ0) is 11.9. The van der Waals surface area contributed by atoms with E-state index in [0.717, 1.165) is 32.1 Å². The van der Waals surface area contributed by atoms with E-state index in [1.165, 1.54) is 0 Å². The monoisotopic (exact) mass is 238 g/mol. The lowest BCUT2D eigenvalue weighted by atomic mass is 9.93. The van der Waals surface area contributed by atoms with Crippen LogP contribution in [0.1, 0.15) is 52.9 Å². The average Bonchev–Trinajstić information content (AvgIpc) is 2.00. The van der Waals surface area contributed by atoms with E-state index in [-0.39, 0.29) is 6.10 Å². The Labute approximate surface area is 92.3 Å². The van der Waals surface area contributed by atoms with Gasteiger partial charge in [0.05, 0.1) is 6.10 Å². The molecule has 1 unspecified atom stereocenters. The molecule has 4 nitrogen and oxygen atoms in total. The Morgan fingerprint density at radius 1 is 1.20 bits per heavy atom. The number of phosphoric acid groups is 1. The Balaban J connectivity index is 3.98. The maximum absolute atomic E-state index is 10.6. The minimum atomic E-state index is -4.32. The van der Waals surface area contributed by atoms with Gasteiger partial charge in [0.1, 0.15) is 0 Å². The summed E-state index contributed by atoms with van der Waals surface area (Å²) in [4.78, 5) is 17.3. The second kappa shape index (κ2) is 7.39. The first-order chi connectivity index (χ1) is 6.89. The lowest BCUT2D eigenvalue weighted by Gasteiger charge is -2.20. The molecule has 15 heavy (non-hydrogen) atoms. The van der Waals surface area contributed by atoms with E-state index in [1.807, 2.05) is 0 Å². The lowest BCUT2D eigenvalue weighted by Crippen LogP contribution is -2.13. The van der Waals surface area contributed by atoms with E-state index in [9.17, 15) is 4.57 Å². The molecule has 0 aliphatic rings. The van der Waals surface area contributed by atoms with E-state index < -0.39 is 7.82 Å². The van der Waals surface area contributed by atoms with Crippen LogP contribution in [0, 0.1) is 5.92 Å². The first-order valence-corrected chi connectivity index (χ1v) is 7.16. The summed E-state index contributed by atoms with van der Waals surface area (Å²) in [6, 6.07) is 0. The molecule has 0 rings (SSSR count). The molecule has 92 valence electrons. The van der Waals surface area contributed by atoms with Gasteiger partial charge in [-0.3, -0.25) is 4.52 Å². The Hall–Kier alpha value is 0.110. The van der Waals surface area contributed by atoms with Gasteiger partial charge in [-0.2, -0.15) is 0 Å². The third kappa shape index (κ3) is 9.06. The zero-order valence-electron chi connectivity index (χ0n) is 9.85. The summed E-state index contributed by atoms with van der Waals surface area (Å²) in [5, 5.41) is 0. The molecule has 0 spiro atoms. The van der Waals surface area contributed by atoms with Crippen molar-refractivity contribution < 1.29 is 18.9 Å². The molecule has 2 N–H and O–H groups in total. The Bertz CT molecular complexity index is 196. The second-order valence-electron chi connectivity index (χ2n) is 4.09. The van der Waals surface area contributed by atoms with Crippen molar-refractivity contribution in [1.29, 1.82) is 0 Å². The maximum Gasteiger partial charge on any atom is 0.469 e. The van der Waals surface area contributed by atoms with E-state index in [0.29, 0.717) is 5.92 Å². The minimum absolute atomic E-state index is 0.367. The maximum atomic E-state index is 10.6. The van der Waals surface area contributed by atoms with Crippen LogP contribution in [0.4, 0.5) is 0 Å². The first-order valence-electron chi connectivity index (χ1n) is 5.63. The number of rotatable bonds is 8. The molecule has 0 bridgehead atoms. The standard InChI is InChI=1S/C10H23O4P/c1-4-6-10(7-5-2)8-9(3)14-15(11,12)13/h9-10H,4-8H2,1-3H3,(H2,11,12,13). The van der Waals surface area contributed by atoms with E-state index in [1.54, 1.807) is 6.92 Å². The smallest absolute Gasteiger partial charge is 0.303 e. The van der Waals surface area contributed by atoms with Crippen LogP contribution in [-0.4, -0.2) is 15.9 Å². The normalized spacial score (nSPS) is 14.5. The van der Waals surface area contributed by atoms with Crippen molar-refractivity contribution in [1.82, 2.24) is 0 Å². The summed E-state index contributed by atoms with van der Waals surface area (Å²) in [6.45, 7) is 5.96. The van der Waals surface area contributed by atoms with Crippen molar-refractivity contribution >= 4 is 7.82 Å². The zero-order valence-corrected chi connectivity index (χ0v) is 10.7. The second-order valence-corrected chi connectivity index (χ2v) is 5.28. The fraction of sp³-hybridized carbons (Fsp3) is 1.00. The molecular weight excluding hydrogens is 215 g/mol. The number of hydrogen-bond donors (Lipinski definition) is 2. The molecule has 0 aromatic carbocycles. The van der Waals surface area contributed by atoms with Crippen LogP contribution in [0.2, 0.25) is 0 Å². The van der Waals surface area contributed by atoms with Crippen molar-refractivity contribution in [2.24, 2.45) is 5.92 Å². The summed E-state index contributed by atoms with van der Waals surface area (Å²) in [7, 11) is -4.32. The van der Waals surface area contributed by atoms with Gasteiger partial charge in [0.2, 0.25) is 0 Å². The highest BCUT2D eigenvalue weighted by atomic mass is 31.2. The summed E-state index contributed by atoms with van der Waals surface area (Å²) >= 11 is 0. The van der Waals surface area contributed by atoms with Gasteiger partial charge in [0, 0.05) is 0 Å². The Morgan fingerprint density at radius 2 is 1.67 bits per heavy atom. The first kappa shape index (κ1) is 15.1. The number of phosphoric ester groups is 1. The molecule has 0 aromatic rings. The highest BCUT2D eigenvalue weighted by molar-refractivity contribution is 7.46. The van der Waals surface area contributed by atoms with Crippen LogP contribution in [0.15, 0.2) is 0 Å². The Kier molecular flexibility index (Phi) is 7.45. The highest BCUT2D eigenvalue weighted by Crippen LogP contribution is 2.39. The largest absolute Gasteiger partial charge is 0.469 e. The van der Waals surface area contributed by atoms with Gasteiger partial charge in [-0.1, -0.05) is 39.5 Å². The van der Waals surface area contributed by atoms with E-state index >= 15 is 0 Å². The van der Waals surface area contributed by atoms with Crippen molar-refractivity contribution in [3.63, 3.8) is 0 Å². The van der Waals surface area contributed by atoms with Crippen LogP contribution < -0.4 is 0 Å². The molecule has 0 amide bonds. The van der Waals surface area contributed by atoms with Crippen LogP contribution in [0.3, 0.4) is 0 Å². The van der Waals surface area contributed by atoms with Gasteiger partial charge in [0.15, 0.2) is 0 Å². The summed E-state index contributed by atoms with van der Waals surface area (Å²) < 4.78 is 15.2. The quantitative estimate of drug-likeness (QED) is 0.638. The van der Waals surface area contributed by atoms with Crippen LogP contribution in [-0.2, 0) is 9.09 Å². The average molecular weight is 238 g/mol. The topological polar surface area (TPSA) is 66.8 Å². The van der Waals surface area contributed by atoms with Gasteiger partial charge >= 0.3 is 7.82 Å². The third-order valence-corrected chi connectivity index (χ3v) is 3.01. The lowest BCUT2D eigenvalue weighted by molar-refractivity contribution is 0.121. The van der Waals surface area contributed by atoms with Gasteiger partial charge in [-0.25, -0.2) is 4.57 Å². The molecule has 0 radical (unpaired) electrons. The summed E-state index contributed by atoms with van der Waals surface area (Å²) in [5.74, 6) is 0.515. The fourth-order valence-electron chi connectivity index (χ4n) is 1.94. The van der Waals surface area contributed by atoms with Crippen molar-refractivity contribution in [3.05, 3.63) is 0 Å². The van der Waals surface area contributed by atoms with Crippen LogP contribution in [0.25, 0.3) is 0 Å². The van der Waals surface area contributed by atoms with Crippen molar-refractivity contribution in [2.45, 2.75) is 59.0 Å². The van der Waals surface area contributed by atoms with Gasteiger partial charge in [0.25, 0.3) is 0 Å². The molecule has 0 saturated carbocycles. The molecular formula is C10H23O4P. The van der Waals surface area contributed by atoms with E-state index in [2.05, 4.69) is 18.4 Å². The molecule has 0 aliphatic heterocycles. The van der Waals surface area contributed by atoms with Gasteiger partial charge in [-0.15, -0.1) is 0 Å². The van der Waals surface area contributed by atoms with Crippen LogP contribution in [0.5, 0.6) is 0 Å². The predicted molar refractivity (Wildman–Crippen MR) is 60.5 cm³/mol.